The number of aryl methyl sites for hydroxylation is 1. The summed E-state index contributed by atoms with van der Waals surface area (Å²) in [7, 11) is 0. The summed E-state index contributed by atoms with van der Waals surface area (Å²) in [6.07, 6.45) is 0. The second-order valence-corrected chi connectivity index (χ2v) is 5.08. The summed E-state index contributed by atoms with van der Waals surface area (Å²) in [6, 6.07) is 6.20. The zero-order valence-electron chi connectivity index (χ0n) is 11.8. The van der Waals surface area contributed by atoms with Crippen LogP contribution in [0, 0.1) is 12.7 Å². The number of nitrogens with one attached hydrogen (secondary N) is 2. The van der Waals surface area contributed by atoms with Gasteiger partial charge >= 0.3 is 0 Å². The molecule has 0 unspecified atom stereocenters. The second-order valence-electron chi connectivity index (χ2n) is 5.08. The normalized spacial score (nSPS) is 11.1. The highest BCUT2D eigenvalue weighted by Gasteiger charge is 2.08. The number of rotatable bonds is 4. The minimum absolute atomic E-state index is 0.237. The van der Waals surface area contributed by atoms with E-state index < -0.39 is 0 Å². The molecule has 1 heterocycles. The van der Waals surface area contributed by atoms with Gasteiger partial charge in [0.05, 0.1) is 5.69 Å². The second kappa shape index (κ2) is 5.96. The molecular formula is C15H18FN3O. The van der Waals surface area contributed by atoms with Crippen molar-refractivity contribution in [2.24, 2.45) is 0 Å². The number of nitrogens with zero attached hydrogens (tertiary/aromatic N) is 1. The molecule has 0 aliphatic carbocycles. The Morgan fingerprint density at radius 1 is 1.35 bits per heavy atom. The van der Waals surface area contributed by atoms with Crippen LogP contribution in [0.2, 0.25) is 0 Å². The molecule has 1 aromatic carbocycles. The van der Waals surface area contributed by atoms with E-state index in [4.69, 9.17) is 0 Å². The third kappa shape index (κ3) is 3.51. The van der Waals surface area contributed by atoms with Crippen molar-refractivity contribution in [1.29, 1.82) is 0 Å². The Labute approximate surface area is 117 Å². The van der Waals surface area contributed by atoms with E-state index in [0.717, 1.165) is 5.56 Å². The fraction of sp³-hybridized carbons (Fsp3) is 0.333. The Kier molecular flexibility index (Phi) is 4.29. The summed E-state index contributed by atoms with van der Waals surface area (Å²) in [5, 5.41) is 3.20. The monoisotopic (exact) mass is 275 g/mol. The maximum absolute atomic E-state index is 13.4. The van der Waals surface area contributed by atoms with Crippen molar-refractivity contribution in [3.8, 4) is 11.4 Å². The molecule has 0 fully saturated rings. The SMILES string of the molecule is Cc1ccc(F)cc1-c1nc(CNC(C)C)cc(=O)[nH]1. The fourth-order valence-electron chi connectivity index (χ4n) is 1.88. The zero-order chi connectivity index (χ0) is 14.7. The Balaban J connectivity index is 2.41. The number of halogens is 1. The van der Waals surface area contributed by atoms with Crippen molar-refractivity contribution < 1.29 is 4.39 Å². The van der Waals surface area contributed by atoms with E-state index in [2.05, 4.69) is 15.3 Å². The van der Waals surface area contributed by atoms with Crippen molar-refractivity contribution in [3.63, 3.8) is 0 Å². The predicted molar refractivity (Wildman–Crippen MR) is 77.0 cm³/mol. The summed E-state index contributed by atoms with van der Waals surface area (Å²) >= 11 is 0. The number of aromatic amines is 1. The van der Waals surface area contributed by atoms with Crippen LogP contribution in [0.25, 0.3) is 11.4 Å². The molecule has 1 aromatic heterocycles. The fourth-order valence-corrected chi connectivity index (χ4v) is 1.88. The van der Waals surface area contributed by atoms with Gasteiger partial charge in [-0.25, -0.2) is 9.37 Å². The summed E-state index contributed by atoms with van der Waals surface area (Å²) in [5.41, 5.74) is 1.87. The molecule has 0 radical (unpaired) electrons. The lowest BCUT2D eigenvalue weighted by Crippen LogP contribution is -2.24. The van der Waals surface area contributed by atoms with Gasteiger partial charge in [-0.1, -0.05) is 19.9 Å². The summed E-state index contributed by atoms with van der Waals surface area (Å²) in [6.45, 7) is 6.40. The van der Waals surface area contributed by atoms with Crippen LogP contribution >= 0.6 is 0 Å². The van der Waals surface area contributed by atoms with Crippen LogP contribution in [-0.2, 0) is 6.54 Å². The highest BCUT2D eigenvalue weighted by Crippen LogP contribution is 2.20. The molecule has 0 saturated carbocycles. The van der Waals surface area contributed by atoms with Crippen LogP contribution in [0.4, 0.5) is 4.39 Å². The number of H-pyrrole nitrogens is 1. The standard InChI is InChI=1S/C15H18FN3O/c1-9(2)17-8-12-7-14(20)19-15(18-12)13-6-11(16)5-4-10(13)3/h4-7,9,17H,8H2,1-3H3,(H,18,19,20). The molecule has 2 rings (SSSR count). The van der Waals surface area contributed by atoms with Crippen molar-refractivity contribution in [2.75, 3.05) is 0 Å². The smallest absolute Gasteiger partial charge is 0.251 e. The van der Waals surface area contributed by atoms with E-state index in [1.807, 2.05) is 20.8 Å². The van der Waals surface area contributed by atoms with Crippen LogP contribution in [0.15, 0.2) is 29.1 Å². The minimum atomic E-state index is -0.348. The van der Waals surface area contributed by atoms with Crippen LogP contribution in [0.3, 0.4) is 0 Å². The van der Waals surface area contributed by atoms with Crippen LogP contribution in [-0.4, -0.2) is 16.0 Å². The van der Waals surface area contributed by atoms with E-state index in [1.54, 1.807) is 6.07 Å². The van der Waals surface area contributed by atoms with E-state index >= 15 is 0 Å². The number of hydrogen-bond donors (Lipinski definition) is 2. The van der Waals surface area contributed by atoms with Gasteiger partial charge in [0.15, 0.2) is 0 Å². The Hall–Kier alpha value is -2.01. The lowest BCUT2D eigenvalue weighted by molar-refractivity contribution is 0.580. The first kappa shape index (κ1) is 14.4. The first-order valence-corrected chi connectivity index (χ1v) is 6.56. The predicted octanol–water partition coefficient (Wildman–Crippen LogP) is 2.38. The molecule has 0 aliphatic rings. The average Bonchev–Trinajstić information content (AvgIpc) is 2.38. The lowest BCUT2D eigenvalue weighted by atomic mass is 10.1. The molecule has 2 N–H and O–H groups in total. The van der Waals surface area contributed by atoms with Crippen molar-refractivity contribution in [2.45, 2.75) is 33.4 Å². The van der Waals surface area contributed by atoms with Gasteiger partial charge in [-0.05, 0) is 24.6 Å². The van der Waals surface area contributed by atoms with Gasteiger partial charge in [0.2, 0.25) is 0 Å². The van der Waals surface area contributed by atoms with Gasteiger partial charge in [-0.2, -0.15) is 0 Å². The minimum Gasteiger partial charge on any atom is -0.309 e. The van der Waals surface area contributed by atoms with Crippen LogP contribution < -0.4 is 10.9 Å². The summed E-state index contributed by atoms with van der Waals surface area (Å²) < 4.78 is 13.4. The van der Waals surface area contributed by atoms with Gasteiger partial charge in [0.1, 0.15) is 11.6 Å². The Morgan fingerprint density at radius 2 is 2.10 bits per heavy atom. The maximum atomic E-state index is 13.4. The van der Waals surface area contributed by atoms with Gasteiger partial charge in [-0.15, -0.1) is 0 Å². The van der Waals surface area contributed by atoms with E-state index in [1.165, 1.54) is 18.2 Å². The van der Waals surface area contributed by atoms with Crippen LogP contribution in [0.5, 0.6) is 0 Å². The van der Waals surface area contributed by atoms with Gasteiger partial charge < -0.3 is 10.3 Å². The topological polar surface area (TPSA) is 57.8 Å². The largest absolute Gasteiger partial charge is 0.309 e. The molecule has 4 nitrogen and oxygen atoms in total. The van der Waals surface area contributed by atoms with E-state index in [0.29, 0.717) is 29.7 Å². The third-order valence-electron chi connectivity index (χ3n) is 2.94. The highest BCUT2D eigenvalue weighted by atomic mass is 19.1. The van der Waals surface area contributed by atoms with Crippen molar-refractivity contribution in [3.05, 3.63) is 51.7 Å². The number of aromatic nitrogens is 2. The molecule has 2 aromatic rings. The Morgan fingerprint density at radius 3 is 2.80 bits per heavy atom. The van der Waals surface area contributed by atoms with Gasteiger partial charge in [0, 0.05) is 24.2 Å². The first-order valence-electron chi connectivity index (χ1n) is 6.56. The van der Waals surface area contributed by atoms with Crippen molar-refractivity contribution in [1.82, 2.24) is 15.3 Å². The average molecular weight is 275 g/mol. The van der Waals surface area contributed by atoms with Gasteiger partial charge in [0.25, 0.3) is 5.56 Å². The Bertz CT molecular complexity index is 664. The maximum Gasteiger partial charge on any atom is 0.251 e. The quantitative estimate of drug-likeness (QED) is 0.900. The molecule has 0 atom stereocenters. The molecule has 20 heavy (non-hydrogen) atoms. The van der Waals surface area contributed by atoms with Crippen LogP contribution in [0.1, 0.15) is 25.1 Å². The summed E-state index contributed by atoms with van der Waals surface area (Å²) in [5.74, 6) is 0.0500. The number of benzene rings is 1. The molecule has 106 valence electrons. The van der Waals surface area contributed by atoms with E-state index in [-0.39, 0.29) is 11.4 Å². The number of hydrogen-bond acceptors (Lipinski definition) is 3. The molecule has 0 bridgehead atoms. The van der Waals surface area contributed by atoms with Gasteiger partial charge in [-0.3, -0.25) is 4.79 Å². The lowest BCUT2D eigenvalue weighted by Gasteiger charge is -2.10. The molecular weight excluding hydrogens is 257 g/mol. The molecule has 0 saturated heterocycles. The van der Waals surface area contributed by atoms with Crippen molar-refractivity contribution >= 4 is 0 Å². The highest BCUT2D eigenvalue weighted by molar-refractivity contribution is 5.59. The molecule has 0 aliphatic heterocycles. The molecule has 0 amide bonds. The summed E-state index contributed by atoms with van der Waals surface area (Å²) in [4.78, 5) is 18.8. The molecule has 5 heteroatoms. The first-order chi connectivity index (χ1) is 9.45. The zero-order valence-corrected chi connectivity index (χ0v) is 11.8. The third-order valence-corrected chi connectivity index (χ3v) is 2.94. The van der Waals surface area contributed by atoms with E-state index in [9.17, 15) is 9.18 Å². The molecule has 0 spiro atoms.